The number of hydrogen-bond acceptors (Lipinski definition) is 10. The van der Waals surface area contributed by atoms with E-state index in [1.165, 1.54) is 11.8 Å². The van der Waals surface area contributed by atoms with Gasteiger partial charge in [-0.1, -0.05) is 30.0 Å². The van der Waals surface area contributed by atoms with Crippen molar-refractivity contribution >= 4 is 29.3 Å². The van der Waals surface area contributed by atoms with Gasteiger partial charge in [0.1, 0.15) is 11.6 Å². The average molecular weight is 491 g/mol. The molecule has 2 aromatic carbocycles. The number of aromatic nitrogens is 6. The Labute approximate surface area is 207 Å². The number of rotatable bonds is 9. The summed E-state index contributed by atoms with van der Waals surface area (Å²) in [7, 11) is 1.65. The van der Waals surface area contributed by atoms with Crippen LogP contribution in [0.5, 0.6) is 5.75 Å². The van der Waals surface area contributed by atoms with Crippen LogP contribution in [-0.2, 0) is 17.0 Å². The monoisotopic (exact) mass is 490 g/mol. The number of thioether (sulfide) groups is 1. The van der Waals surface area contributed by atoms with Crippen LogP contribution in [0.25, 0.3) is 11.4 Å². The van der Waals surface area contributed by atoms with E-state index in [2.05, 4.69) is 35.0 Å². The van der Waals surface area contributed by atoms with Crippen LogP contribution in [0.15, 0.2) is 59.8 Å². The van der Waals surface area contributed by atoms with E-state index in [0.29, 0.717) is 24.1 Å². The van der Waals surface area contributed by atoms with E-state index >= 15 is 0 Å². The van der Waals surface area contributed by atoms with Gasteiger partial charge < -0.3 is 20.5 Å². The van der Waals surface area contributed by atoms with E-state index in [4.69, 9.17) is 15.2 Å². The lowest BCUT2D eigenvalue weighted by Gasteiger charge is -2.15. The van der Waals surface area contributed by atoms with Gasteiger partial charge in [-0.05, 0) is 49.2 Å². The molecule has 0 saturated carbocycles. The Hall–Kier alpha value is -3.70. The van der Waals surface area contributed by atoms with Crippen LogP contribution in [0.1, 0.15) is 18.7 Å². The number of nitrogens with one attached hydrogen (secondary N) is 1. The van der Waals surface area contributed by atoms with Gasteiger partial charge in [-0.3, -0.25) is 4.57 Å². The van der Waals surface area contributed by atoms with Crippen molar-refractivity contribution in [3.05, 3.63) is 60.4 Å². The molecule has 180 valence electrons. The fourth-order valence-corrected chi connectivity index (χ4v) is 4.65. The summed E-state index contributed by atoms with van der Waals surface area (Å²) in [4.78, 5) is 13.0. The van der Waals surface area contributed by atoms with Crippen molar-refractivity contribution in [1.29, 1.82) is 0 Å². The molecule has 35 heavy (non-hydrogen) atoms. The Kier molecular flexibility index (Phi) is 7.05. The zero-order valence-corrected chi connectivity index (χ0v) is 20.1. The van der Waals surface area contributed by atoms with Gasteiger partial charge in [0.25, 0.3) is 0 Å². The molecule has 1 atom stereocenters. The van der Waals surface area contributed by atoms with Crippen LogP contribution in [0.2, 0.25) is 0 Å². The minimum Gasteiger partial charge on any atom is -0.497 e. The second-order valence-electron chi connectivity index (χ2n) is 7.99. The largest absolute Gasteiger partial charge is 0.497 e. The fourth-order valence-electron chi connectivity index (χ4n) is 3.84. The van der Waals surface area contributed by atoms with Crippen molar-refractivity contribution in [2.75, 3.05) is 24.8 Å². The Balaban J connectivity index is 1.37. The molecule has 11 heteroatoms. The molecule has 1 saturated heterocycles. The predicted octanol–water partition coefficient (Wildman–Crippen LogP) is 3.94. The molecule has 1 aliphatic rings. The normalized spacial score (nSPS) is 15.3. The zero-order chi connectivity index (χ0) is 24.0. The summed E-state index contributed by atoms with van der Waals surface area (Å²) >= 11 is 1.50. The standard InChI is InChI=1S/C24H26N8O2S/c1-33-18-11-9-16(10-12-18)21-30-31-24(32(21)14-19-8-5-13-34-19)35-15-20-27-22(25)29-23(28-20)26-17-6-3-2-4-7-17/h2-4,6-7,9-12,19H,5,8,13-15H2,1H3,(H3,25,26,27,28,29). The van der Waals surface area contributed by atoms with Gasteiger partial charge >= 0.3 is 0 Å². The van der Waals surface area contributed by atoms with Gasteiger partial charge in [0, 0.05) is 17.9 Å². The van der Waals surface area contributed by atoms with E-state index in [1.807, 2.05) is 54.6 Å². The third-order valence-corrected chi connectivity index (χ3v) is 6.50. The summed E-state index contributed by atoms with van der Waals surface area (Å²) in [6.45, 7) is 1.46. The quantitative estimate of drug-likeness (QED) is 0.333. The van der Waals surface area contributed by atoms with Crippen LogP contribution in [0.4, 0.5) is 17.6 Å². The molecule has 0 spiro atoms. The highest BCUT2D eigenvalue weighted by molar-refractivity contribution is 7.98. The van der Waals surface area contributed by atoms with Gasteiger partial charge in [-0.2, -0.15) is 15.0 Å². The number of ether oxygens (including phenoxy) is 2. The third-order valence-electron chi connectivity index (χ3n) is 5.53. The molecular formula is C24H26N8O2S. The minimum absolute atomic E-state index is 0.136. The summed E-state index contributed by atoms with van der Waals surface area (Å²) in [5.41, 5.74) is 7.79. The first-order valence-corrected chi connectivity index (χ1v) is 12.3. The summed E-state index contributed by atoms with van der Waals surface area (Å²) < 4.78 is 13.3. The summed E-state index contributed by atoms with van der Waals surface area (Å²) in [6, 6.07) is 17.5. The van der Waals surface area contributed by atoms with E-state index in [0.717, 1.165) is 47.4 Å². The molecule has 1 fully saturated rings. The fraction of sp³-hybridized carbons (Fsp3) is 0.292. The molecule has 0 radical (unpaired) electrons. The van der Waals surface area contributed by atoms with Crippen LogP contribution < -0.4 is 15.8 Å². The Morgan fingerprint density at radius 1 is 1.09 bits per heavy atom. The summed E-state index contributed by atoms with van der Waals surface area (Å²) in [6.07, 6.45) is 2.22. The van der Waals surface area contributed by atoms with Crippen LogP contribution in [0, 0.1) is 0 Å². The molecule has 2 aromatic heterocycles. The number of benzene rings is 2. The summed E-state index contributed by atoms with van der Waals surface area (Å²) in [5, 5.41) is 12.9. The average Bonchev–Trinajstić information content (AvgIpc) is 3.54. The number of hydrogen-bond donors (Lipinski definition) is 2. The maximum Gasteiger partial charge on any atom is 0.232 e. The van der Waals surface area contributed by atoms with E-state index in [-0.39, 0.29) is 12.1 Å². The molecule has 10 nitrogen and oxygen atoms in total. The first kappa shape index (κ1) is 23.1. The Morgan fingerprint density at radius 2 is 1.91 bits per heavy atom. The molecule has 1 unspecified atom stereocenters. The Bertz CT molecular complexity index is 1260. The highest BCUT2D eigenvalue weighted by atomic mass is 32.2. The molecule has 4 aromatic rings. The number of anilines is 3. The van der Waals surface area contributed by atoms with Crippen molar-refractivity contribution in [3.63, 3.8) is 0 Å². The van der Waals surface area contributed by atoms with E-state index in [9.17, 15) is 0 Å². The number of nitrogens with zero attached hydrogens (tertiary/aromatic N) is 6. The second kappa shape index (κ2) is 10.7. The lowest BCUT2D eigenvalue weighted by atomic mass is 10.2. The smallest absolute Gasteiger partial charge is 0.232 e. The Morgan fingerprint density at radius 3 is 2.66 bits per heavy atom. The number of methoxy groups -OCH3 is 1. The highest BCUT2D eigenvalue weighted by Gasteiger charge is 2.22. The topological polar surface area (TPSA) is 126 Å². The molecule has 0 amide bonds. The van der Waals surface area contributed by atoms with Crippen molar-refractivity contribution in [3.8, 4) is 17.1 Å². The van der Waals surface area contributed by atoms with Crippen molar-refractivity contribution in [2.45, 2.75) is 36.4 Å². The zero-order valence-electron chi connectivity index (χ0n) is 19.3. The van der Waals surface area contributed by atoms with Gasteiger partial charge in [0.15, 0.2) is 11.0 Å². The first-order valence-electron chi connectivity index (χ1n) is 11.3. The molecule has 1 aliphatic heterocycles. The molecule has 5 rings (SSSR count). The SMILES string of the molecule is COc1ccc(-c2nnc(SCc3nc(N)nc(Nc4ccccc4)n3)n2CC2CCCO2)cc1. The van der Waals surface area contributed by atoms with E-state index < -0.39 is 0 Å². The lowest BCUT2D eigenvalue weighted by molar-refractivity contribution is 0.0953. The maximum atomic E-state index is 5.95. The third kappa shape index (κ3) is 5.69. The molecular weight excluding hydrogens is 464 g/mol. The molecule has 3 N–H and O–H groups in total. The maximum absolute atomic E-state index is 5.95. The van der Waals surface area contributed by atoms with Gasteiger partial charge in [0.05, 0.1) is 25.5 Å². The summed E-state index contributed by atoms with van der Waals surface area (Å²) in [5.74, 6) is 3.15. The first-order chi connectivity index (χ1) is 17.2. The van der Waals surface area contributed by atoms with Crippen LogP contribution in [-0.4, -0.2) is 49.5 Å². The lowest BCUT2D eigenvalue weighted by Crippen LogP contribution is -2.16. The van der Waals surface area contributed by atoms with Crippen LogP contribution in [0.3, 0.4) is 0 Å². The minimum atomic E-state index is 0.136. The van der Waals surface area contributed by atoms with Gasteiger partial charge in [-0.25, -0.2) is 0 Å². The van der Waals surface area contributed by atoms with Crippen LogP contribution >= 0.6 is 11.8 Å². The number of nitrogens with two attached hydrogens (primary N) is 1. The predicted molar refractivity (Wildman–Crippen MR) is 135 cm³/mol. The second-order valence-corrected chi connectivity index (χ2v) is 8.94. The van der Waals surface area contributed by atoms with E-state index in [1.54, 1.807) is 7.11 Å². The highest BCUT2D eigenvalue weighted by Crippen LogP contribution is 2.29. The molecule has 3 heterocycles. The number of nitrogen functional groups attached to an aromatic ring is 1. The van der Waals surface area contributed by atoms with Gasteiger partial charge in [-0.15, -0.1) is 10.2 Å². The van der Waals surface area contributed by atoms with Gasteiger partial charge in [0.2, 0.25) is 11.9 Å². The van der Waals surface area contributed by atoms with Crippen molar-refractivity contribution in [1.82, 2.24) is 29.7 Å². The number of para-hydroxylation sites is 1. The molecule has 0 bridgehead atoms. The molecule has 0 aliphatic carbocycles. The van der Waals surface area contributed by atoms with Crippen molar-refractivity contribution in [2.24, 2.45) is 0 Å². The van der Waals surface area contributed by atoms with Crippen molar-refractivity contribution < 1.29 is 9.47 Å².